The Morgan fingerprint density at radius 3 is 2.42 bits per heavy atom. The first-order valence-electron chi connectivity index (χ1n) is 7.65. The summed E-state index contributed by atoms with van der Waals surface area (Å²) in [4.78, 5) is 23.7. The highest BCUT2D eigenvalue weighted by Crippen LogP contribution is 2.25. The van der Waals surface area contributed by atoms with Gasteiger partial charge in [-0.25, -0.2) is 8.78 Å². The van der Waals surface area contributed by atoms with Gasteiger partial charge >= 0.3 is 0 Å². The molecule has 3 N–H and O–H groups in total. The zero-order chi connectivity index (χ0) is 19.3. The van der Waals surface area contributed by atoms with Crippen LogP contribution in [0.1, 0.15) is 11.1 Å². The number of ether oxygens (including phenoxy) is 1. The maximum atomic E-state index is 13.6. The molecule has 0 aliphatic heterocycles. The Morgan fingerprint density at radius 2 is 1.88 bits per heavy atom. The van der Waals surface area contributed by atoms with E-state index < -0.39 is 35.9 Å². The lowest BCUT2D eigenvalue weighted by Crippen LogP contribution is -2.46. The minimum Gasteiger partial charge on any atom is -0.495 e. The predicted octanol–water partition coefficient (Wildman–Crippen LogP) is 2.38. The third-order valence-electron chi connectivity index (χ3n) is 3.73. The van der Waals surface area contributed by atoms with E-state index >= 15 is 0 Å². The molecule has 1 atom stereocenters. The van der Waals surface area contributed by atoms with Gasteiger partial charge in [0, 0.05) is 12.0 Å². The molecule has 2 amide bonds. The SMILES string of the molecule is COc1ccc(C[C@@H](NC(=O)Cc2c(F)cccc2F)C(N)=O)cc1Cl. The second kappa shape index (κ2) is 8.62. The third-order valence-corrected chi connectivity index (χ3v) is 4.03. The van der Waals surface area contributed by atoms with Gasteiger partial charge in [-0.15, -0.1) is 0 Å². The summed E-state index contributed by atoms with van der Waals surface area (Å²) in [5.41, 5.74) is 5.58. The number of carbonyl (C=O) groups excluding carboxylic acids is 2. The lowest BCUT2D eigenvalue weighted by atomic mass is 10.0. The second-order valence-electron chi connectivity index (χ2n) is 5.57. The van der Waals surface area contributed by atoms with Gasteiger partial charge in [-0.1, -0.05) is 23.7 Å². The van der Waals surface area contributed by atoms with Gasteiger partial charge in [0.2, 0.25) is 11.8 Å². The Kier molecular flexibility index (Phi) is 6.52. The fourth-order valence-corrected chi connectivity index (χ4v) is 2.68. The topological polar surface area (TPSA) is 81.4 Å². The van der Waals surface area contributed by atoms with Crippen LogP contribution in [0.2, 0.25) is 5.02 Å². The first-order chi connectivity index (χ1) is 12.3. The van der Waals surface area contributed by atoms with Gasteiger partial charge in [0.15, 0.2) is 0 Å². The maximum absolute atomic E-state index is 13.6. The number of rotatable bonds is 7. The molecule has 0 unspecified atom stereocenters. The van der Waals surface area contributed by atoms with Crippen LogP contribution in [-0.4, -0.2) is 25.0 Å². The summed E-state index contributed by atoms with van der Waals surface area (Å²) < 4.78 is 32.3. The lowest BCUT2D eigenvalue weighted by Gasteiger charge is -2.16. The monoisotopic (exact) mass is 382 g/mol. The first-order valence-corrected chi connectivity index (χ1v) is 8.03. The van der Waals surface area contributed by atoms with Crippen LogP contribution in [0.15, 0.2) is 36.4 Å². The van der Waals surface area contributed by atoms with Crippen LogP contribution in [0.4, 0.5) is 8.78 Å². The molecule has 0 bridgehead atoms. The molecule has 0 saturated carbocycles. The standard InChI is InChI=1S/C18H17ClF2N2O3/c1-26-16-6-5-10(7-12(16)19)8-15(18(22)25)23-17(24)9-11-13(20)3-2-4-14(11)21/h2-7,15H,8-9H2,1H3,(H2,22,25)(H,23,24)/t15-/m1/s1. The molecule has 26 heavy (non-hydrogen) atoms. The third kappa shape index (κ3) is 4.92. The van der Waals surface area contributed by atoms with Gasteiger partial charge in [0.1, 0.15) is 23.4 Å². The van der Waals surface area contributed by atoms with Crippen LogP contribution in [0.5, 0.6) is 5.75 Å². The Morgan fingerprint density at radius 1 is 1.23 bits per heavy atom. The van der Waals surface area contributed by atoms with E-state index in [0.717, 1.165) is 12.1 Å². The van der Waals surface area contributed by atoms with Crippen LogP contribution < -0.4 is 15.8 Å². The van der Waals surface area contributed by atoms with Crippen molar-refractivity contribution >= 4 is 23.4 Å². The Hall–Kier alpha value is -2.67. The highest BCUT2D eigenvalue weighted by molar-refractivity contribution is 6.32. The van der Waals surface area contributed by atoms with E-state index in [9.17, 15) is 18.4 Å². The summed E-state index contributed by atoms with van der Waals surface area (Å²) in [6.45, 7) is 0. The van der Waals surface area contributed by atoms with E-state index in [2.05, 4.69) is 5.32 Å². The highest BCUT2D eigenvalue weighted by Gasteiger charge is 2.21. The van der Waals surface area contributed by atoms with Crippen LogP contribution >= 0.6 is 11.6 Å². The van der Waals surface area contributed by atoms with E-state index in [1.165, 1.54) is 13.2 Å². The van der Waals surface area contributed by atoms with Crippen molar-refractivity contribution < 1.29 is 23.1 Å². The van der Waals surface area contributed by atoms with Gasteiger partial charge < -0.3 is 15.8 Å². The van der Waals surface area contributed by atoms with E-state index in [1.807, 2.05) is 0 Å². The van der Waals surface area contributed by atoms with E-state index in [1.54, 1.807) is 18.2 Å². The number of halogens is 3. The molecule has 0 fully saturated rings. The van der Waals surface area contributed by atoms with Crippen molar-refractivity contribution in [2.24, 2.45) is 5.73 Å². The van der Waals surface area contributed by atoms with Crippen molar-refractivity contribution in [3.8, 4) is 5.75 Å². The number of amides is 2. The molecule has 0 aliphatic rings. The molecule has 2 aromatic carbocycles. The van der Waals surface area contributed by atoms with Crippen molar-refractivity contribution in [3.05, 3.63) is 64.2 Å². The van der Waals surface area contributed by atoms with Gasteiger partial charge in [-0.05, 0) is 29.8 Å². The molecule has 0 saturated heterocycles. The van der Waals surface area contributed by atoms with E-state index in [0.29, 0.717) is 16.3 Å². The number of carbonyl (C=O) groups is 2. The normalized spacial score (nSPS) is 11.7. The Labute approximate surface area is 154 Å². The Balaban J connectivity index is 2.09. The summed E-state index contributed by atoms with van der Waals surface area (Å²) in [7, 11) is 1.47. The van der Waals surface area contributed by atoms with Gasteiger partial charge in [-0.3, -0.25) is 9.59 Å². The molecular weight excluding hydrogens is 366 g/mol. The zero-order valence-corrected chi connectivity index (χ0v) is 14.6. The van der Waals surface area contributed by atoms with Gasteiger partial charge in [0.05, 0.1) is 18.6 Å². The average Bonchev–Trinajstić information content (AvgIpc) is 2.58. The lowest BCUT2D eigenvalue weighted by molar-refractivity contribution is -0.127. The fourth-order valence-electron chi connectivity index (χ4n) is 2.40. The molecule has 0 heterocycles. The number of nitrogens with one attached hydrogen (secondary N) is 1. The fraction of sp³-hybridized carbons (Fsp3) is 0.222. The molecule has 8 heteroatoms. The predicted molar refractivity (Wildman–Crippen MR) is 92.9 cm³/mol. The van der Waals surface area contributed by atoms with Crippen molar-refractivity contribution in [2.75, 3.05) is 7.11 Å². The quantitative estimate of drug-likeness (QED) is 0.771. The summed E-state index contributed by atoms with van der Waals surface area (Å²) >= 11 is 6.03. The average molecular weight is 383 g/mol. The van der Waals surface area contributed by atoms with Crippen molar-refractivity contribution in [1.82, 2.24) is 5.32 Å². The highest BCUT2D eigenvalue weighted by atomic mass is 35.5. The van der Waals surface area contributed by atoms with Gasteiger partial charge in [-0.2, -0.15) is 0 Å². The molecule has 5 nitrogen and oxygen atoms in total. The van der Waals surface area contributed by atoms with E-state index in [4.69, 9.17) is 22.1 Å². The van der Waals surface area contributed by atoms with Crippen molar-refractivity contribution in [3.63, 3.8) is 0 Å². The molecule has 138 valence electrons. The van der Waals surface area contributed by atoms with Crippen molar-refractivity contribution in [2.45, 2.75) is 18.9 Å². The van der Waals surface area contributed by atoms with E-state index in [-0.39, 0.29) is 12.0 Å². The number of hydrogen-bond acceptors (Lipinski definition) is 3. The molecule has 0 spiro atoms. The largest absolute Gasteiger partial charge is 0.495 e. The van der Waals surface area contributed by atoms with Crippen LogP contribution in [-0.2, 0) is 22.4 Å². The maximum Gasteiger partial charge on any atom is 0.240 e. The minimum atomic E-state index is -1.05. The second-order valence-corrected chi connectivity index (χ2v) is 5.98. The molecule has 0 radical (unpaired) electrons. The minimum absolute atomic E-state index is 0.0739. The number of hydrogen-bond donors (Lipinski definition) is 2. The summed E-state index contributed by atoms with van der Waals surface area (Å²) in [5.74, 6) is -2.71. The zero-order valence-electron chi connectivity index (χ0n) is 13.9. The smallest absolute Gasteiger partial charge is 0.240 e. The molecule has 2 rings (SSSR count). The number of benzene rings is 2. The molecular formula is C18H17ClF2N2O3. The molecule has 2 aromatic rings. The number of methoxy groups -OCH3 is 1. The van der Waals surface area contributed by atoms with Crippen LogP contribution in [0.25, 0.3) is 0 Å². The first kappa shape index (κ1) is 19.7. The molecule has 0 aromatic heterocycles. The van der Waals surface area contributed by atoms with Crippen LogP contribution in [0, 0.1) is 11.6 Å². The van der Waals surface area contributed by atoms with Crippen molar-refractivity contribution in [1.29, 1.82) is 0 Å². The number of nitrogens with two attached hydrogens (primary N) is 1. The summed E-state index contributed by atoms with van der Waals surface area (Å²) in [6, 6.07) is 7.12. The number of primary amides is 1. The van der Waals surface area contributed by atoms with Gasteiger partial charge in [0.25, 0.3) is 0 Å². The Bertz CT molecular complexity index is 810. The summed E-state index contributed by atoms with van der Waals surface area (Å²) in [6.07, 6.45) is -0.476. The molecule has 0 aliphatic carbocycles. The van der Waals surface area contributed by atoms with Crippen LogP contribution in [0.3, 0.4) is 0 Å². The summed E-state index contributed by atoms with van der Waals surface area (Å²) in [5, 5.41) is 2.74.